The SMILES string of the molecule is Fc1ccccc1NC(=S)NCc1ccc(N2CCCCC2)cc1. The fraction of sp³-hybridized carbons (Fsp3) is 0.316. The van der Waals surface area contributed by atoms with Gasteiger partial charge in [0.1, 0.15) is 5.82 Å². The van der Waals surface area contributed by atoms with E-state index >= 15 is 0 Å². The van der Waals surface area contributed by atoms with Crippen molar-refractivity contribution in [2.75, 3.05) is 23.3 Å². The monoisotopic (exact) mass is 343 g/mol. The molecule has 2 aromatic rings. The van der Waals surface area contributed by atoms with Crippen molar-refractivity contribution in [3.8, 4) is 0 Å². The van der Waals surface area contributed by atoms with Gasteiger partial charge in [0.25, 0.3) is 0 Å². The maximum Gasteiger partial charge on any atom is 0.171 e. The zero-order valence-corrected chi connectivity index (χ0v) is 14.4. The van der Waals surface area contributed by atoms with Gasteiger partial charge in [0.2, 0.25) is 0 Å². The smallest absolute Gasteiger partial charge is 0.171 e. The number of anilines is 2. The van der Waals surface area contributed by atoms with E-state index < -0.39 is 0 Å². The zero-order chi connectivity index (χ0) is 16.8. The molecule has 1 heterocycles. The lowest BCUT2D eigenvalue weighted by Gasteiger charge is -2.28. The lowest BCUT2D eigenvalue weighted by molar-refractivity contribution is 0.578. The summed E-state index contributed by atoms with van der Waals surface area (Å²) in [5.41, 5.74) is 2.81. The number of thiocarbonyl (C=S) groups is 1. The van der Waals surface area contributed by atoms with Crippen LogP contribution >= 0.6 is 12.2 Å². The van der Waals surface area contributed by atoms with Gasteiger partial charge in [-0.2, -0.15) is 0 Å². The number of para-hydroxylation sites is 1. The summed E-state index contributed by atoms with van der Waals surface area (Å²) in [4.78, 5) is 2.44. The van der Waals surface area contributed by atoms with Gasteiger partial charge in [-0.15, -0.1) is 0 Å². The van der Waals surface area contributed by atoms with Crippen molar-refractivity contribution in [2.45, 2.75) is 25.8 Å². The van der Waals surface area contributed by atoms with Crippen molar-refractivity contribution in [1.82, 2.24) is 5.32 Å². The molecule has 0 unspecified atom stereocenters. The van der Waals surface area contributed by atoms with Gasteiger partial charge in [0.05, 0.1) is 5.69 Å². The average Bonchev–Trinajstić information content (AvgIpc) is 2.63. The second-order valence-corrected chi connectivity index (χ2v) is 6.41. The molecule has 0 aliphatic carbocycles. The number of hydrogen-bond acceptors (Lipinski definition) is 2. The van der Waals surface area contributed by atoms with Crippen LogP contribution in [0.15, 0.2) is 48.5 Å². The molecule has 0 saturated carbocycles. The highest BCUT2D eigenvalue weighted by Gasteiger charge is 2.10. The number of benzene rings is 2. The third-order valence-electron chi connectivity index (χ3n) is 4.23. The van der Waals surface area contributed by atoms with E-state index in [9.17, 15) is 4.39 Å². The average molecular weight is 343 g/mol. The van der Waals surface area contributed by atoms with Crippen LogP contribution in [0, 0.1) is 5.82 Å². The summed E-state index contributed by atoms with van der Waals surface area (Å²) in [7, 11) is 0. The van der Waals surface area contributed by atoms with Crippen LogP contribution in [0.4, 0.5) is 15.8 Å². The quantitative estimate of drug-likeness (QED) is 0.809. The van der Waals surface area contributed by atoms with Crippen molar-refractivity contribution in [3.63, 3.8) is 0 Å². The van der Waals surface area contributed by atoms with E-state index in [1.807, 2.05) is 0 Å². The molecule has 1 aliphatic rings. The molecule has 1 fully saturated rings. The molecule has 2 aromatic carbocycles. The van der Waals surface area contributed by atoms with Crippen LogP contribution in [0.2, 0.25) is 0 Å². The minimum absolute atomic E-state index is 0.312. The fourth-order valence-corrected chi connectivity index (χ4v) is 3.07. The summed E-state index contributed by atoms with van der Waals surface area (Å²) in [6.07, 6.45) is 3.89. The summed E-state index contributed by atoms with van der Waals surface area (Å²) in [5.74, 6) is -0.312. The second-order valence-electron chi connectivity index (χ2n) is 6.00. The van der Waals surface area contributed by atoms with Crippen LogP contribution < -0.4 is 15.5 Å². The first-order valence-corrected chi connectivity index (χ1v) is 8.76. The van der Waals surface area contributed by atoms with Crippen molar-refractivity contribution < 1.29 is 4.39 Å². The molecule has 3 nitrogen and oxygen atoms in total. The van der Waals surface area contributed by atoms with Crippen LogP contribution in [0.3, 0.4) is 0 Å². The van der Waals surface area contributed by atoms with Crippen molar-refractivity contribution in [2.24, 2.45) is 0 Å². The minimum atomic E-state index is -0.312. The van der Waals surface area contributed by atoms with E-state index in [-0.39, 0.29) is 5.82 Å². The van der Waals surface area contributed by atoms with E-state index in [2.05, 4.69) is 39.8 Å². The maximum absolute atomic E-state index is 13.6. The Bertz CT molecular complexity index is 681. The van der Waals surface area contributed by atoms with Gasteiger partial charge >= 0.3 is 0 Å². The molecule has 5 heteroatoms. The van der Waals surface area contributed by atoms with E-state index in [1.54, 1.807) is 18.2 Å². The molecule has 0 spiro atoms. The molecule has 0 amide bonds. The van der Waals surface area contributed by atoms with Crippen LogP contribution in [0.25, 0.3) is 0 Å². The van der Waals surface area contributed by atoms with Crippen LogP contribution in [-0.2, 0) is 6.54 Å². The third-order valence-corrected chi connectivity index (χ3v) is 4.48. The molecular weight excluding hydrogens is 321 g/mol. The Kier molecular flexibility index (Phi) is 5.64. The predicted molar refractivity (Wildman–Crippen MR) is 102 cm³/mol. The normalized spacial score (nSPS) is 14.3. The Morgan fingerprint density at radius 2 is 1.71 bits per heavy atom. The van der Waals surface area contributed by atoms with E-state index in [0.717, 1.165) is 18.7 Å². The molecule has 1 saturated heterocycles. The van der Waals surface area contributed by atoms with Gasteiger partial charge < -0.3 is 15.5 Å². The Morgan fingerprint density at radius 1 is 1.00 bits per heavy atom. The Morgan fingerprint density at radius 3 is 2.42 bits per heavy atom. The first-order valence-electron chi connectivity index (χ1n) is 8.35. The number of halogens is 1. The number of nitrogens with one attached hydrogen (secondary N) is 2. The largest absolute Gasteiger partial charge is 0.372 e. The maximum atomic E-state index is 13.6. The van der Waals surface area contributed by atoms with Crippen molar-refractivity contribution >= 4 is 28.7 Å². The predicted octanol–water partition coefficient (Wildman–Crippen LogP) is 4.30. The van der Waals surface area contributed by atoms with Gasteiger partial charge in [-0.3, -0.25) is 0 Å². The highest BCUT2D eigenvalue weighted by molar-refractivity contribution is 7.80. The molecule has 0 bridgehead atoms. The molecule has 0 atom stereocenters. The summed E-state index contributed by atoms with van der Waals surface area (Å²) in [5, 5.41) is 6.41. The van der Waals surface area contributed by atoms with E-state index in [1.165, 1.54) is 31.0 Å². The highest BCUT2D eigenvalue weighted by Crippen LogP contribution is 2.20. The summed E-state index contributed by atoms with van der Waals surface area (Å²) in [6.45, 7) is 2.91. The molecule has 1 aliphatic heterocycles. The van der Waals surface area contributed by atoms with Gasteiger partial charge in [0.15, 0.2) is 5.11 Å². The minimum Gasteiger partial charge on any atom is -0.372 e. The Hall–Kier alpha value is -2.14. The number of piperidine rings is 1. The number of hydrogen-bond donors (Lipinski definition) is 2. The topological polar surface area (TPSA) is 27.3 Å². The lowest BCUT2D eigenvalue weighted by atomic mass is 10.1. The first kappa shape index (κ1) is 16.7. The lowest BCUT2D eigenvalue weighted by Crippen LogP contribution is -2.29. The molecular formula is C19H22FN3S. The zero-order valence-electron chi connectivity index (χ0n) is 13.6. The van der Waals surface area contributed by atoms with E-state index in [4.69, 9.17) is 12.2 Å². The summed E-state index contributed by atoms with van der Waals surface area (Å²) >= 11 is 5.23. The molecule has 0 aromatic heterocycles. The van der Waals surface area contributed by atoms with Gasteiger partial charge in [-0.1, -0.05) is 24.3 Å². The summed E-state index contributed by atoms with van der Waals surface area (Å²) < 4.78 is 13.6. The van der Waals surface area contributed by atoms with Gasteiger partial charge in [-0.25, -0.2) is 4.39 Å². The van der Waals surface area contributed by atoms with Gasteiger partial charge in [-0.05, 0) is 61.3 Å². The molecule has 24 heavy (non-hydrogen) atoms. The first-order chi connectivity index (χ1) is 11.7. The van der Waals surface area contributed by atoms with Crippen molar-refractivity contribution in [3.05, 3.63) is 59.9 Å². The summed E-state index contributed by atoms with van der Waals surface area (Å²) in [6, 6.07) is 15.0. The molecule has 0 radical (unpaired) electrons. The van der Waals surface area contributed by atoms with Gasteiger partial charge in [0, 0.05) is 25.3 Å². The van der Waals surface area contributed by atoms with Crippen LogP contribution in [-0.4, -0.2) is 18.2 Å². The standard InChI is InChI=1S/C19H22FN3S/c20-17-6-2-3-7-18(17)22-19(24)21-14-15-8-10-16(11-9-15)23-12-4-1-5-13-23/h2-3,6-11H,1,4-5,12-14H2,(H2,21,22,24). The van der Waals surface area contributed by atoms with Crippen LogP contribution in [0.1, 0.15) is 24.8 Å². The number of rotatable bonds is 4. The Balaban J connectivity index is 1.51. The van der Waals surface area contributed by atoms with E-state index in [0.29, 0.717) is 17.3 Å². The molecule has 2 N–H and O–H groups in total. The molecule has 126 valence electrons. The fourth-order valence-electron chi connectivity index (χ4n) is 2.89. The van der Waals surface area contributed by atoms with Crippen LogP contribution in [0.5, 0.6) is 0 Å². The van der Waals surface area contributed by atoms with Crippen molar-refractivity contribution in [1.29, 1.82) is 0 Å². The highest BCUT2D eigenvalue weighted by atomic mass is 32.1. The third kappa shape index (κ3) is 4.45. The Labute approximate surface area is 147 Å². The second kappa shape index (κ2) is 8.11. The number of nitrogens with zero attached hydrogens (tertiary/aromatic N) is 1. The molecule has 3 rings (SSSR count).